The topological polar surface area (TPSA) is 80.7 Å². The molecular formula is C27H30BrN3O5S. The van der Waals surface area contributed by atoms with Crippen LogP contribution >= 0.6 is 27.7 Å². The van der Waals surface area contributed by atoms with Crippen LogP contribution in [0, 0.1) is 0 Å². The fourth-order valence-electron chi connectivity index (χ4n) is 3.96. The van der Waals surface area contributed by atoms with Crippen molar-refractivity contribution in [2.45, 2.75) is 20.3 Å². The fraction of sp³-hybridized carbons (Fsp3) is 0.370. The van der Waals surface area contributed by atoms with Crippen LogP contribution in [0.1, 0.15) is 36.2 Å². The molecule has 0 bridgehead atoms. The predicted octanol–water partition coefficient (Wildman–Crippen LogP) is 5.34. The van der Waals surface area contributed by atoms with Gasteiger partial charge in [0.05, 0.1) is 42.0 Å². The maximum absolute atomic E-state index is 13.2. The Balaban J connectivity index is 1.59. The molecule has 2 aliphatic heterocycles. The van der Waals surface area contributed by atoms with Crippen LogP contribution in [-0.4, -0.2) is 73.3 Å². The smallest absolute Gasteiger partial charge is 0.266 e. The Labute approximate surface area is 229 Å². The average molecular weight is 589 g/mol. The lowest BCUT2D eigenvalue weighted by Gasteiger charge is -2.26. The summed E-state index contributed by atoms with van der Waals surface area (Å²) >= 11 is 4.87. The molecule has 37 heavy (non-hydrogen) atoms. The number of methoxy groups -OCH3 is 1. The Hall–Kier alpha value is -2.82. The van der Waals surface area contributed by atoms with E-state index in [2.05, 4.69) is 15.9 Å². The molecule has 0 spiro atoms. The minimum atomic E-state index is -0.117. The summed E-state index contributed by atoms with van der Waals surface area (Å²) in [5, 5.41) is 0.573. The molecule has 0 unspecified atom stereocenters. The van der Waals surface area contributed by atoms with Crippen molar-refractivity contribution in [2.75, 3.05) is 46.6 Å². The van der Waals surface area contributed by atoms with Gasteiger partial charge in [-0.1, -0.05) is 13.0 Å². The standard InChI is InChI=1S/C27H30BrN3O5S/c1-4-11-36-24-21(28)14-18(15-22(24)34-3)16-23-26(33)31(5-2)27(37-23)29-20-8-6-7-19(17-20)25(32)30-9-12-35-13-10-30/h6-8,14-17H,4-5,9-13H2,1-3H3/b23-16+,29-27?. The highest BCUT2D eigenvalue weighted by Crippen LogP contribution is 2.39. The van der Waals surface area contributed by atoms with Crippen LogP contribution < -0.4 is 9.47 Å². The zero-order valence-corrected chi connectivity index (χ0v) is 23.6. The van der Waals surface area contributed by atoms with Gasteiger partial charge in [-0.15, -0.1) is 0 Å². The number of likely N-dealkylation sites (N-methyl/N-ethyl adjacent to an activating group) is 1. The van der Waals surface area contributed by atoms with Gasteiger partial charge in [-0.2, -0.15) is 0 Å². The Morgan fingerprint density at radius 3 is 2.70 bits per heavy atom. The van der Waals surface area contributed by atoms with Crippen LogP contribution in [0.3, 0.4) is 0 Å². The second-order valence-electron chi connectivity index (χ2n) is 8.39. The van der Waals surface area contributed by atoms with Crippen molar-refractivity contribution in [1.82, 2.24) is 9.80 Å². The van der Waals surface area contributed by atoms with Crippen LogP contribution in [0.25, 0.3) is 6.08 Å². The average Bonchev–Trinajstić information content (AvgIpc) is 3.21. The van der Waals surface area contributed by atoms with Gasteiger partial charge < -0.3 is 19.1 Å². The molecule has 0 saturated carbocycles. The molecule has 0 aliphatic carbocycles. The first-order valence-electron chi connectivity index (χ1n) is 12.2. The molecule has 2 saturated heterocycles. The first-order valence-corrected chi connectivity index (χ1v) is 13.8. The van der Waals surface area contributed by atoms with Crippen LogP contribution in [0.2, 0.25) is 0 Å². The van der Waals surface area contributed by atoms with Crippen molar-refractivity contribution >= 4 is 56.4 Å². The van der Waals surface area contributed by atoms with Gasteiger partial charge in [-0.25, -0.2) is 4.99 Å². The highest BCUT2D eigenvalue weighted by atomic mass is 79.9. The summed E-state index contributed by atoms with van der Waals surface area (Å²) in [6.45, 7) is 7.25. The van der Waals surface area contributed by atoms with Crippen LogP contribution in [0.4, 0.5) is 5.69 Å². The number of ether oxygens (including phenoxy) is 3. The molecule has 2 heterocycles. The third-order valence-electron chi connectivity index (χ3n) is 5.82. The van der Waals surface area contributed by atoms with Crippen molar-refractivity contribution in [3.05, 3.63) is 56.9 Å². The molecular weight excluding hydrogens is 558 g/mol. The number of hydrogen-bond acceptors (Lipinski definition) is 7. The molecule has 196 valence electrons. The summed E-state index contributed by atoms with van der Waals surface area (Å²) in [6, 6.07) is 11.0. The van der Waals surface area contributed by atoms with E-state index in [1.807, 2.05) is 44.2 Å². The molecule has 2 amide bonds. The normalized spacial score (nSPS) is 18.1. The molecule has 0 aromatic heterocycles. The number of halogens is 1. The number of carbonyl (C=O) groups excluding carboxylic acids is 2. The van der Waals surface area contributed by atoms with Gasteiger partial charge in [0, 0.05) is 25.2 Å². The van der Waals surface area contributed by atoms with Crippen LogP contribution in [-0.2, 0) is 9.53 Å². The number of morpholine rings is 1. The molecule has 8 nitrogen and oxygen atoms in total. The Morgan fingerprint density at radius 2 is 2.00 bits per heavy atom. The number of benzene rings is 2. The molecule has 0 atom stereocenters. The summed E-state index contributed by atoms with van der Waals surface area (Å²) in [6.07, 6.45) is 2.71. The Kier molecular flexibility index (Phi) is 9.28. The van der Waals surface area contributed by atoms with E-state index in [0.717, 1.165) is 16.5 Å². The molecule has 0 radical (unpaired) electrons. The van der Waals surface area contributed by atoms with Crippen molar-refractivity contribution in [1.29, 1.82) is 0 Å². The molecule has 0 N–H and O–H groups in total. The number of rotatable bonds is 8. The van der Waals surface area contributed by atoms with Gasteiger partial charge in [0.15, 0.2) is 16.7 Å². The number of carbonyl (C=O) groups is 2. The Morgan fingerprint density at radius 1 is 1.22 bits per heavy atom. The zero-order valence-electron chi connectivity index (χ0n) is 21.2. The van der Waals surface area contributed by atoms with Gasteiger partial charge in [-0.3, -0.25) is 14.5 Å². The predicted molar refractivity (Wildman–Crippen MR) is 150 cm³/mol. The van der Waals surface area contributed by atoms with Gasteiger partial charge in [0.1, 0.15) is 0 Å². The second-order valence-corrected chi connectivity index (χ2v) is 10.3. The maximum Gasteiger partial charge on any atom is 0.266 e. The molecule has 2 aromatic carbocycles. The van der Waals surface area contributed by atoms with Gasteiger partial charge >= 0.3 is 0 Å². The van der Waals surface area contributed by atoms with Gasteiger partial charge in [0.2, 0.25) is 0 Å². The van der Waals surface area contributed by atoms with E-state index in [0.29, 0.717) is 72.3 Å². The summed E-state index contributed by atoms with van der Waals surface area (Å²) in [7, 11) is 1.59. The first kappa shape index (κ1) is 27.2. The number of thioether (sulfide) groups is 1. The number of amidine groups is 1. The molecule has 2 aliphatic rings. The van der Waals surface area contributed by atoms with Crippen LogP contribution in [0.15, 0.2) is 50.8 Å². The maximum atomic E-state index is 13.2. The minimum Gasteiger partial charge on any atom is -0.493 e. The summed E-state index contributed by atoms with van der Waals surface area (Å²) in [4.78, 5) is 34.8. The zero-order chi connectivity index (χ0) is 26.4. The number of hydrogen-bond donors (Lipinski definition) is 0. The largest absolute Gasteiger partial charge is 0.493 e. The Bertz CT molecular complexity index is 1230. The van der Waals surface area contributed by atoms with Crippen molar-refractivity contribution in [3.8, 4) is 11.5 Å². The lowest BCUT2D eigenvalue weighted by molar-refractivity contribution is -0.122. The van der Waals surface area contributed by atoms with E-state index in [1.54, 1.807) is 29.0 Å². The van der Waals surface area contributed by atoms with Crippen molar-refractivity contribution < 1.29 is 23.8 Å². The van der Waals surface area contributed by atoms with E-state index < -0.39 is 0 Å². The fourth-order valence-corrected chi connectivity index (χ4v) is 5.59. The number of nitrogens with zero attached hydrogens (tertiary/aromatic N) is 3. The summed E-state index contributed by atoms with van der Waals surface area (Å²) < 4.78 is 17.4. The van der Waals surface area contributed by atoms with Gasteiger partial charge in [-0.05, 0) is 83.0 Å². The van der Waals surface area contributed by atoms with Gasteiger partial charge in [0.25, 0.3) is 11.8 Å². The third-order valence-corrected chi connectivity index (χ3v) is 7.42. The number of amides is 2. The van der Waals surface area contributed by atoms with Crippen molar-refractivity contribution in [3.63, 3.8) is 0 Å². The summed E-state index contributed by atoms with van der Waals surface area (Å²) in [5.41, 5.74) is 1.99. The van der Waals surface area contributed by atoms with E-state index >= 15 is 0 Å². The van der Waals surface area contributed by atoms with Crippen LogP contribution in [0.5, 0.6) is 11.5 Å². The molecule has 10 heteroatoms. The molecule has 2 fully saturated rings. The lowest BCUT2D eigenvalue weighted by Crippen LogP contribution is -2.40. The monoisotopic (exact) mass is 587 g/mol. The second kappa shape index (κ2) is 12.6. The van der Waals surface area contributed by atoms with E-state index in [4.69, 9.17) is 19.2 Å². The van der Waals surface area contributed by atoms with Crippen molar-refractivity contribution in [2.24, 2.45) is 4.99 Å². The lowest BCUT2D eigenvalue weighted by atomic mass is 10.1. The first-order chi connectivity index (χ1) is 17.9. The van der Waals surface area contributed by atoms with E-state index in [9.17, 15) is 9.59 Å². The van der Waals surface area contributed by atoms with E-state index in [1.165, 1.54) is 11.8 Å². The quantitative estimate of drug-likeness (QED) is 0.388. The molecule has 2 aromatic rings. The highest BCUT2D eigenvalue weighted by Gasteiger charge is 2.32. The SMILES string of the molecule is CCCOc1c(Br)cc(/C=C2/SC(=Nc3cccc(C(=O)N4CCOCC4)c3)N(CC)C2=O)cc1OC. The third kappa shape index (κ3) is 6.37. The highest BCUT2D eigenvalue weighted by molar-refractivity contribution is 9.10. The van der Waals surface area contributed by atoms with E-state index in [-0.39, 0.29) is 11.8 Å². The summed E-state index contributed by atoms with van der Waals surface area (Å²) in [5.74, 6) is 1.07. The minimum absolute atomic E-state index is 0.0423. The number of aliphatic imine (C=N–C) groups is 1. The molecule has 4 rings (SSSR count).